The van der Waals surface area contributed by atoms with Crippen LogP contribution >= 0.6 is 0 Å². The predicted molar refractivity (Wildman–Crippen MR) is 76.0 cm³/mol. The molecule has 1 rings (SSSR count). The minimum Gasteiger partial charge on any atom is -0.326 e. The van der Waals surface area contributed by atoms with E-state index in [-0.39, 0.29) is 11.2 Å². The van der Waals surface area contributed by atoms with Crippen molar-refractivity contribution in [1.82, 2.24) is 0 Å². The Morgan fingerprint density at radius 1 is 1.17 bits per heavy atom. The van der Waals surface area contributed by atoms with Gasteiger partial charge in [0, 0.05) is 13.6 Å². The van der Waals surface area contributed by atoms with Crippen LogP contribution in [0, 0.1) is 5.41 Å². The maximum absolute atomic E-state index is 12.2. The molecule has 0 amide bonds. The van der Waals surface area contributed by atoms with Crippen molar-refractivity contribution >= 4 is 15.7 Å². The van der Waals surface area contributed by atoms with Crippen molar-refractivity contribution in [3.05, 3.63) is 29.8 Å². The molecule has 0 aliphatic rings. The summed E-state index contributed by atoms with van der Waals surface area (Å²) in [6.07, 6.45) is 0. The summed E-state index contributed by atoms with van der Waals surface area (Å²) in [6.45, 7) is 6.19. The Labute approximate surface area is 110 Å². The van der Waals surface area contributed by atoms with Crippen molar-refractivity contribution in [1.29, 1.82) is 0 Å². The largest absolute Gasteiger partial charge is 0.326 e. The Morgan fingerprint density at radius 3 is 2.06 bits per heavy atom. The smallest absolute Gasteiger partial charge is 0.235 e. The van der Waals surface area contributed by atoms with Gasteiger partial charge in [0.15, 0.2) is 0 Å². The van der Waals surface area contributed by atoms with Crippen molar-refractivity contribution in [3.63, 3.8) is 0 Å². The van der Waals surface area contributed by atoms with Gasteiger partial charge >= 0.3 is 0 Å². The van der Waals surface area contributed by atoms with E-state index in [2.05, 4.69) is 0 Å². The van der Waals surface area contributed by atoms with Gasteiger partial charge in [-0.05, 0) is 23.1 Å². The van der Waals surface area contributed by atoms with Crippen LogP contribution in [0.2, 0.25) is 0 Å². The van der Waals surface area contributed by atoms with Crippen LogP contribution in [0.4, 0.5) is 5.69 Å². The average Bonchev–Trinajstić information content (AvgIpc) is 2.25. The number of nitrogens with two attached hydrogens (primary N) is 1. The first kappa shape index (κ1) is 15.0. The van der Waals surface area contributed by atoms with E-state index < -0.39 is 10.0 Å². The topological polar surface area (TPSA) is 63.4 Å². The Balaban J connectivity index is 2.95. The number of rotatable bonds is 4. The minimum absolute atomic E-state index is 0.120. The molecule has 1 aromatic carbocycles. The lowest BCUT2D eigenvalue weighted by atomic mass is 10.0. The Kier molecular flexibility index (Phi) is 4.40. The van der Waals surface area contributed by atoms with Gasteiger partial charge in [-0.25, -0.2) is 8.42 Å². The molecule has 2 N–H and O–H groups in total. The van der Waals surface area contributed by atoms with Crippen LogP contribution in [0.5, 0.6) is 0 Å². The van der Waals surface area contributed by atoms with Crippen molar-refractivity contribution in [2.45, 2.75) is 27.3 Å². The lowest BCUT2D eigenvalue weighted by Gasteiger charge is -2.25. The molecule has 0 radical (unpaired) electrons. The van der Waals surface area contributed by atoms with E-state index in [0.717, 1.165) is 5.56 Å². The Morgan fingerprint density at radius 2 is 1.67 bits per heavy atom. The molecule has 0 aliphatic heterocycles. The van der Waals surface area contributed by atoms with Crippen LogP contribution in [-0.4, -0.2) is 21.2 Å². The number of sulfonamides is 1. The number of hydrogen-bond acceptors (Lipinski definition) is 3. The van der Waals surface area contributed by atoms with Crippen LogP contribution in [-0.2, 0) is 16.6 Å². The second kappa shape index (κ2) is 5.28. The summed E-state index contributed by atoms with van der Waals surface area (Å²) < 4.78 is 25.7. The normalized spacial score (nSPS) is 12.5. The summed E-state index contributed by atoms with van der Waals surface area (Å²) in [4.78, 5) is 0. The number of benzene rings is 1. The SMILES string of the molecule is CN(c1ccc(CN)cc1)S(=O)(=O)CC(C)(C)C. The third-order valence-electron chi connectivity index (χ3n) is 2.57. The van der Waals surface area contributed by atoms with Crippen molar-refractivity contribution < 1.29 is 8.42 Å². The zero-order chi connectivity index (χ0) is 14.0. The summed E-state index contributed by atoms with van der Waals surface area (Å²) in [5.41, 5.74) is 6.90. The van der Waals surface area contributed by atoms with E-state index in [4.69, 9.17) is 5.73 Å². The van der Waals surface area contributed by atoms with Crippen molar-refractivity contribution in [2.24, 2.45) is 11.1 Å². The van der Waals surface area contributed by atoms with Crippen LogP contribution in [0.15, 0.2) is 24.3 Å². The molecule has 4 nitrogen and oxygen atoms in total. The Bertz CT molecular complexity index is 487. The fourth-order valence-electron chi connectivity index (χ4n) is 1.65. The lowest BCUT2D eigenvalue weighted by Crippen LogP contribution is -2.34. The van der Waals surface area contributed by atoms with Gasteiger partial charge in [-0.2, -0.15) is 0 Å². The number of anilines is 1. The molecule has 0 atom stereocenters. The minimum atomic E-state index is -3.29. The molecule has 0 aliphatic carbocycles. The molecule has 0 bridgehead atoms. The van der Waals surface area contributed by atoms with Gasteiger partial charge in [0.05, 0.1) is 11.4 Å². The quantitative estimate of drug-likeness (QED) is 0.909. The zero-order valence-corrected chi connectivity index (χ0v) is 12.3. The second-order valence-electron chi connectivity index (χ2n) is 5.65. The molecule has 0 unspecified atom stereocenters. The Hall–Kier alpha value is -1.07. The van der Waals surface area contributed by atoms with E-state index >= 15 is 0 Å². The van der Waals surface area contributed by atoms with Gasteiger partial charge in [-0.1, -0.05) is 32.9 Å². The molecular formula is C13H22N2O2S. The van der Waals surface area contributed by atoms with Crippen molar-refractivity contribution in [2.75, 3.05) is 17.1 Å². The third-order valence-corrected chi connectivity index (χ3v) is 4.84. The molecule has 5 heteroatoms. The molecule has 102 valence electrons. The first-order valence-electron chi connectivity index (χ1n) is 5.91. The van der Waals surface area contributed by atoms with Gasteiger partial charge in [-0.3, -0.25) is 4.31 Å². The zero-order valence-electron chi connectivity index (χ0n) is 11.5. The van der Waals surface area contributed by atoms with E-state index in [1.54, 1.807) is 19.2 Å². The van der Waals surface area contributed by atoms with Gasteiger partial charge in [0.25, 0.3) is 0 Å². The van der Waals surface area contributed by atoms with E-state index in [1.165, 1.54) is 4.31 Å². The average molecular weight is 270 g/mol. The molecule has 0 heterocycles. The van der Waals surface area contributed by atoms with E-state index in [0.29, 0.717) is 12.2 Å². The van der Waals surface area contributed by atoms with Gasteiger partial charge in [-0.15, -0.1) is 0 Å². The molecule has 0 spiro atoms. The fraction of sp³-hybridized carbons (Fsp3) is 0.538. The summed E-state index contributed by atoms with van der Waals surface area (Å²) in [7, 11) is -1.71. The molecule has 0 aromatic heterocycles. The maximum atomic E-state index is 12.2. The van der Waals surface area contributed by atoms with Crippen LogP contribution < -0.4 is 10.0 Å². The van der Waals surface area contributed by atoms with Crippen LogP contribution in [0.3, 0.4) is 0 Å². The van der Waals surface area contributed by atoms with E-state index in [9.17, 15) is 8.42 Å². The van der Waals surface area contributed by atoms with Gasteiger partial charge in [0.1, 0.15) is 0 Å². The van der Waals surface area contributed by atoms with Crippen molar-refractivity contribution in [3.8, 4) is 0 Å². The highest BCUT2D eigenvalue weighted by Gasteiger charge is 2.25. The summed E-state index contributed by atoms with van der Waals surface area (Å²) in [5, 5.41) is 0. The number of hydrogen-bond donors (Lipinski definition) is 1. The van der Waals surface area contributed by atoms with Gasteiger partial charge < -0.3 is 5.73 Å². The first-order chi connectivity index (χ1) is 8.15. The highest BCUT2D eigenvalue weighted by Crippen LogP contribution is 2.22. The molecule has 18 heavy (non-hydrogen) atoms. The highest BCUT2D eigenvalue weighted by atomic mass is 32.2. The second-order valence-corrected chi connectivity index (χ2v) is 7.66. The monoisotopic (exact) mass is 270 g/mol. The lowest BCUT2D eigenvalue weighted by molar-refractivity contribution is 0.461. The van der Waals surface area contributed by atoms with E-state index in [1.807, 2.05) is 32.9 Å². The maximum Gasteiger partial charge on any atom is 0.235 e. The highest BCUT2D eigenvalue weighted by molar-refractivity contribution is 7.92. The fourth-order valence-corrected chi connectivity index (χ4v) is 3.38. The summed E-state index contributed by atoms with van der Waals surface area (Å²) >= 11 is 0. The molecule has 1 aromatic rings. The molecular weight excluding hydrogens is 248 g/mol. The third kappa shape index (κ3) is 3.99. The molecule has 0 saturated carbocycles. The van der Waals surface area contributed by atoms with Gasteiger partial charge in [0.2, 0.25) is 10.0 Å². The van der Waals surface area contributed by atoms with Crippen LogP contribution in [0.25, 0.3) is 0 Å². The molecule has 0 fully saturated rings. The first-order valence-corrected chi connectivity index (χ1v) is 7.52. The summed E-state index contributed by atoms with van der Waals surface area (Å²) in [5.74, 6) is 0.120. The summed E-state index contributed by atoms with van der Waals surface area (Å²) in [6, 6.07) is 7.25. The standard InChI is InChI=1S/C13H22N2O2S/c1-13(2,3)10-18(16,17)15(4)12-7-5-11(9-14)6-8-12/h5-8H,9-10,14H2,1-4H3. The number of nitrogens with zero attached hydrogens (tertiary/aromatic N) is 1. The predicted octanol–water partition coefficient (Wildman–Crippen LogP) is 1.96. The molecule has 0 saturated heterocycles. The van der Waals surface area contributed by atoms with Crippen LogP contribution in [0.1, 0.15) is 26.3 Å².